The SMILES string of the molecule is CC(=O)N1CCCN(c2ncc(F)cn2)CC1. The molecule has 1 aliphatic rings. The van der Waals surface area contributed by atoms with Crippen LogP contribution in [-0.2, 0) is 4.79 Å². The largest absolute Gasteiger partial charge is 0.341 e. The summed E-state index contributed by atoms with van der Waals surface area (Å²) in [6, 6.07) is 0. The van der Waals surface area contributed by atoms with E-state index in [4.69, 9.17) is 0 Å². The smallest absolute Gasteiger partial charge is 0.225 e. The third-order valence-corrected chi connectivity index (χ3v) is 2.83. The fourth-order valence-electron chi connectivity index (χ4n) is 1.90. The van der Waals surface area contributed by atoms with Crippen LogP contribution in [0.3, 0.4) is 0 Å². The second kappa shape index (κ2) is 5.07. The summed E-state index contributed by atoms with van der Waals surface area (Å²) in [6.45, 7) is 4.47. The number of halogens is 1. The molecule has 92 valence electrons. The zero-order valence-corrected chi connectivity index (χ0v) is 9.77. The Kier molecular flexibility index (Phi) is 3.51. The lowest BCUT2D eigenvalue weighted by atomic mass is 10.4. The minimum atomic E-state index is -0.436. The molecule has 1 saturated heterocycles. The molecule has 0 atom stereocenters. The number of hydrogen-bond acceptors (Lipinski definition) is 4. The van der Waals surface area contributed by atoms with Crippen LogP contribution in [0.15, 0.2) is 12.4 Å². The molecular weight excluding hydrogens is 223 g/mol. The fourth-order valence-corrected chi connectivity index (χ4v) is 1.90. The van der Waals surface area contributed by atoms with E-state index in [2.05, 4.69) is 9.97 Å². The van der Waals surface area contributed by atoms with Crippen LogP contribution in [0.4, 0.5) is 10.3 Å². The summed E-state index contributed by atoms with van der Waals surface area (Å²) in [7, 11) is 0. The summed E-state index contributed by atoms with van der Waals surface area (Å²) in [4.78, 5) is 22.9. The molecule has 1 amide bonds. The minimum Gasteiger partial charge on any atom is -0.341 e. The van der Waals surface area contributed by atoms with Gasteiger partial charge in [0.2, 0.25) is 11.9 Å². The number of nitrogens with zero attached hydrogens (tertiary/aromatic N) is 4. The molecule has 0 saturated carbocycles. The molecule has 1 fully saturated rings. The van der Waals surface area contributed by atoms with Gasteiger partial charge in [-0.3, -0.25) is 4.79 Å². The zero-order chi connectivity index (χ0) is 12.3. The lowest BCUT2D eigenvalue weighted by Crippen LogP contribution is -2.34. The summed E-state index contributed by atoms with van der Waals surface area (Å²) in [5.41, 5.74) is 0. The number of aromatic nitrogens is 2. The van der Waals surface area contributed by atoms with E-state index >= 15 is 0 Å². The van der Waals surface area contributed by atoms with Gasteiger partial charge in [-0.05, 0) is 6.42 Å². The molecule has 1 aromatic rings. The molecule has 1 aromatic heterocycles. The van der Waals surface area contributed by atoms with Gasteiger partial charge >= 0.3 is 0 Å². The Morgan fingerprint density at radius 3 is 2.59 bits per heavy atom. The molecule has 17 heavy (non-hydrogen) atoms. The number of amides is 1. The van der Waals surface area contributed by atoms with Crippen LogP contribution in [0, 0.1) is 5.82 Å². The maximum Gasteiger partial charge on any atom is 0.225 e. The summed E-state index contributed by atoms with van der Waals surface area (Å²) in [5, 5.41) is 0. The highest BCUT2D eigenvalue weighted by atomic mass is 19.1. The standard InChI is InChI=1S/C11H15FN4O/c1-9(17)15-3-2-4-16(6-5-15)11-13-7-10(12)8-14-11/h7-8H,2-6H2,1H3. The first kappa shape index (κ1) is 11.8. The second-order valence-corrected chi connectivity index (χ2v) is 4.05. The number of hydrogen-bond donors (Lipinski definition) is 0. The van der Waals surface area contributed by atoms with Crippen LogP contribution in [0.5, 0.6) is 0 Å². The molecule has 0 aromatic carbocycles. The van der Waals surface area contributed by atoms with Gasteiger partial charge in [-0.2, -0.15) is 0 Å². The molecule has 2 rings (SSSR count). The van der Waals surface area contributed by atoms with Crippen molar-refractivity contribution in [2.45, 2.75) is 13.3 Å². The molecule has 5 nitrogen and oxygen atoms in total. The molecule has 0 spiro atoms. The monoisotopic (exact) mass is 238 g/mol. The second-order valence-electron chi connectivity index (χ2n) is 4.05. The minimum absolute atomic E-state index is 0.0897. The Labute approximate surface area is 99.3 Å². The maximum atomic E-state index is 12.7. The van der Waals surface area contributed by atoms with Crippen molar-refractivity contribution in [3.63, 3.8) is 0 Å². The molecule has 0 radical (unpaired) electrons. The van der Waals surface area contributed by atoms with E-state index in [1.54, 1.807) is 6.92 Å². The van der Waals surface area contributed by atoms with E-state index in [9.17, 15) is 9.18 Å². The quantitative estimate of drug-likeness (QED) is 0.721. The van der Waals surface area contributed by atoms with Crippen LogP contribution in [0.1, 0.15) is 13.3 Å². The van der Waals surface area contributed by atoms with Gasteiger partial charge in [-0.15, -0.1) is 0 Å². The van der Waals surface area contributed by atoms with Gasteiger partial charge in [-0.1, -0.05) is 0 Å². The highest BCUT2D eigenvalue weighted by Gasteiger charge is 2.18. The zero-order valence-electron chi connectivity index (χ0n) is 9.77. The van der Waals surface area contributed by atoms with Crippen molar-refractivity contribution in [2.75, 3.05) is 31.1 Å². The summed E-state index contributed by atoms with van der Waals surface area (Å²) < 4.78 is 12.7. The van der Waals surface area contributed by atoms with Crippen molar-refractivity contribution >= 4 is 11.9 Å². The Bertz CT molecular complexity index is 395. The van der Waals surface area contributed by atoms with E-state index in [0.717, 1.165) is 31.9 Å². The van der Waals surface area contributed by atoms with Gasteiger partial charge in [0.15, 0.2) is 5.82 Å². The van der Waals surface area contributed by atoms with Crippen LogP contribution in [0.2, 0.25) is 0 Å². The first-order valence-corrected chi connectivity index (χ1v) is 5.65. The molecule has 6 heteroatoms. The van der Waals surface area contributed by atoms with Crippen molar-refractivity contribution in [1.82, 2.24) is 14.9 Å². The molecule has 0 unspecified atom stereocenters. The van der Waals surface area contributed by atoms with Crippen molar-refractivity contribution in [3.05, 3.63) is 18.2 Å². The summed E-state index contributed by atoms with van der Waals surface area (Å²) in [5.74, 6) is 0.178. The van der Waals surface area contributed by atoms with E-state index in [1.807, 2.05) is 9.80 Å². The lowest BCUT2D eigenvalue weighted by molar-refractivity contribution is -0.128. The molecular formula is C11H15FN4O. The fraction of sp³-hybridized carbons (Fsp3) is 0.545. The van der Waals surface area contributed by atoms with Crippen LogP contribution >= 0.6 is 0 Å². The predicted octanol–water partition coefficient (Wildman–Crippen LogP) is 0.674. The normalized spacial score (nSPS) is 16.8. The van der Waals surface area contributed by atoms with E-state index in [1.165, 1.54) is 0 Å². The average molecular weight is 238 g/mol. The number of anilines is 1. The van der Waals surface area contributed by atoms with Crippen molar-refractivity contribution < 1.29 is 9.18 Å². The van der Waals surface area contributed by atoms with Crippen molar-refractivity contribution in [2.24, 2.45) is 0 Å². The maximum absolute atomic E-state index is 12.7. The first-order chi connectivity index (χ1) is 8.16. The van der Waals surface area contributed by atoms with Gasteiger partial charge in [0, 0.05) is 33.1 Å². The van der Waals surface area contributed by atoms with Gasteiger partial charge in [0.1, 0.15) is 0 Å². The van der Waals surface area contributed by atoms with Crippen LogP contribution < -0.4 is 4.90 Å². The Morgan fingerprint density at radius 1 is 1.24 bits per heavy atom. The summed E-state index contributed by atoms with van der Waals surface area (Å²) in [6.07, 6.45) is 3.20. The van der Waals surface area contributed by atoms with Crippen LogP contribution in [-0.4, -0.2) is 47.0 Å². The van der Waals surface area contributed by atoms with Crippen LogP contribution in [0.25, 0.3) is 0 Å². The lowest BCUT2D eigenvalue weighted by Gasteiger charge is -2.20. The number of carbonyl (C=O) groups excluding carboxylic acids is 1. The van der Waals surface area contributed by atoms with E-state index in [0.29, 0.717) is 19.0 Å². The highest BCUT2D eigenvalue weighted by molar-refractivity contribution is 5.73. The van der Waals surface area contributed by atoms with Crippen molar-refractivity contribution in [1.29, 1.82) is 0 Å². The predicted molar refractivity (Wildman–Crippen MR) is 61.1 cm³/mol. The third kappa shape index (κ3) is 2.89. The van der Waals surface area contributed by atoms with Gasteiger partial charge in [-0.25, -0.2) is 14.4 Å². The number of carbonyl (C=O) groups is 1. The first-order valence-electron chi connectivity index (χ1n) is 5.65. The van der Waals surface area contributed by atoms with Gasteiger partial charge in [0.25, 0.3) is 0 Å². The Hall–Kier alpha value is -1.72. The van der Waals surface area contributed by atoms with E-state index in [-0.39, 0.29) is 5.91 Å². The molecule has 0 N–H and O–H groups in total. The summed E-state index contributed by atoms with van der Waals surface area (Å²) >= 11 is 0. The van der Waals surface area contributed by atoms with E-state index < -0.39 is 5.82 Å². The van der Waals surface area contributed by atoms with Gasteiger partial charge in [0.05, 0.1) is 12.4 Å². The Morgan fingerprint density at radius 2 is 1.94 bits per heavy atom. The highest BCUT2D eigenvalue weighted by Crippen LogP contribution is 2.10. The van der Waals surface area contributed by atoms with Crippen molar-refractivity contribution in [3.8, 4) is 0 Å². The number of rotatable bonds is 1. The van der Waals surface area contributed by atoms with Gasteiger partial charge < -0.3 is 9.80 Å². The molecule has 2 heterocycles. The average Bonchev–Trinajstić information content (AvgIpc) is 2.55. The topological polar surface area (TPSA) is 49.3 Å². The molecule has 1 aliphatic heterocycles. The molecule has 0 aliphatic carbocycles. The molecule has 0 bridgehead atoms. The Balaban J connectivity index is 2.03. The third-order valence-electron chi connectivity index (χ3n) is 2.83.